The molecule has 0 fully saturated rings. The highest BCUT2D eigenvalue weighted by atomic mass is 32.1. The summed E-state index contributed by atoms with van der Waals surface area (Å²) in [6, 6.07) is 0. The molecule has 0 amide bonds. The van der Waals surface area contributed by atoms with Crippen LogP contribution in [0.4, 0.5) is 0 Å². The normalized spacial score (nSPS) is 15.7. The quantitative estimate of drug-likeness (QED) is 0.509. The van der Waals surface area contributed by atoms with E-state index in [-0.39, 0.29) is 5.57 Å². The molecule has 1 aliphatic carbocycles. The van der Waals surface area contributed by atoms with Crippen LogP contribution in [0.5, 0.6) is 0 Å². The number of carbonyl (C=O) groups is 2. The van der Waals surface area contributed by atoms with Crippen molar-refractivity contribution in [1.29, 1.82) is 0 Å². The lowest BCUT2D eigenvalue weighted by atomic mass is 10.0. The molecule has 0 heterocycles. The predicted molar refractivity (Wildman–Crippen MR) is 47.1 cm³/mol. The molecule has 0 bridgehead atoms. The molecule has 1 N–H and O–H groups in total. The molecule has 3 nitrogen and oxygen atoms in total. The second-order valence-electron chi connectivity index (χ2n) is 2.27. The van der Waals surface area contributed by atoms with Gasteiger partial charge >= 0.3 is 5.97 Å². The van der Waals surface area contributed by atoms with Gasteiger partial charge in [0.2, 0.25) is 0 Å². The summed E-state index contributed by atoms with van der Waals surface area (Å²) in [5.74, 6) is -2.39. The van der Waals surface area contributed by atoms with Gasteiger partial charge < -0.3 is 5.11 Å². The number of carboxylic acids is 1. The van der Waals surface area contributed by atoms with E-state index in [0.29, 0.717) is 11.3 Å². The van der Waals surface area contributed by atoms with Crippen LogP contribution in [0.3, 0.4) is 0 Å². The van der Waals surface area contributed by atoms with E-state index in [9.17, 15) is 9.59 Å². The largest absolute Gasteiger partial charge is 0.475 e. The molecule has 0 aromatic carbocycles. The monoisotopic (exact) mass is 182 g/mol. The Hall–Kier alpha value is -1.29. The van der Waals surface area contributed by atoms with Crippen molar-refractivity contribution in [3.63, 3.8) is 0 Å². The zero-order chi connectivity index (χ0) is 9.14. The minimum atomic E-state index is -1.46. The van der Waals surface area contributed by atoms with Crippen LogP contribution in [0.15, 0.2) is 23.8 Å². The average molecular weight is 182 g/mol. The van der Waals surface area contributed by atoms with Crippen molar-refractivity contribution in [2.45, 2.75) is 6.42 Å². The Balaban J connectivity index is 2.94. The molecule has 0 aromatic rings. The third-order valence-electron chi connectivity index (χ3n) is 1.44. The zero-order valence-electron chi connectivity index (χ0n) is 6.11. The van der Waals surface area contributed by atoms with Gasteiger partial charge in [-0.2, -0.15) is 0 Å². The molecule has 12 heavy (non-hydrogen) atoms. The topological polar surface area (TPSA) is 54.4 Å². The number of rotatable bonds is 2. The standard InChI is InChI=1S/C8H6O3S/c9-7(8(10)11)5-3-1-2-4-6(5)12/h1-3H,4H2,(H,10,11). The van der Waals surface area contributed by atoms with Gasteiger partial charge in [0.1, 0.15) is 0 Å². The molecule has 0 saturated heterocycles. The number of carboxylic acid groups (broad SMARTS) is 1. The van der Waals surface area contributed by atoms with Gasteiger partial charge in [-0.15, -0.1) is 0 Å². The zero-order valence-corrected chi connectivity index (χ0v) is 6.93. The molecule has 0 aliphatic heterocycles. The van der Waals surface area contributed by atoms with Crippen molar-refractivity contribution in [1.82, 2.24) is 0 Å². The van der Waals surface area contributed by atoms with Gasteiger partial charge in [-0.05, 0) is 6.08 Å². The van der Waals surface area contributed by atoms with Gasteiger partial charge in [-0.1, -0.05) is 24.4 Å². The maximum Gasteiger partial charge on any atom is 0.377 e. The van der Waals surface area contributed by atoms with Crippen molar-refractivity contribution in [2.24, 2.45) is 0 Å². The van der Waals surface area contributed by atoms with Gasteiger partial charge in [0.05, 0.1) is 0 Å². The minimum Gasteiger partial charge on any atom is -0.475 e. The van der Waals surface area contributed by atoms with Gasteiger partial charge in [-0.25, -0.2) is 4.79 Å². The minimum absolute atomic E-state index is 0.125. The van der Waals surface area contributed by atoms with Crippen LogP contribution in [0.1, 0.15) is 6.42 Å². The Labute approximate surface area is 74.4 Å². The van der Waals surface area contributed by atoms with E-state index in [1.54, 1.807) is 12.2 Å². The van der Waals surface area contributed by atoms with E-state index in [2.05, 4.69) is 0 Å². The first-order chi connectivity index (χ1) is 5.63. The van der Waals surface area contributed by atoms with E-state index >= 15 is 0 Å². The van der Waals surface area contributed by atoms with Crippen LogP contribution in [0.2, 0.25) is 0 Å². The molecular formula is C8H6O3S. The first-order valence-electron chi connectivity index (χ1n) is 3.30. The Kier molecular flexibility index (Phi) is 2.50. The van der Waals surface area contributed by atoms with Crippen LogP contribution < -0.4 is 0 Å². The highest BCUT2D eigenvalue weighted by molar-refractivity contribution is 7.81. The maximum absolute atomic E-state index is 10.9. The van der Waals surface area contributed by atoms with E-state index < -0.39 is 11.8 Å². The number of aliphatic carboxylic acids is 1. The lowest BCUT2D eigenvalue weighted by molar-refractivity contribution is -0.147. The SMILES string of the molecule is O=C(O)C(=O)C1=CC=CCC1=S. The molecule has 0 saturated carbocycles. The summed E-state index contributed by atoms with van der Waals surface area (Å²) in [6.07, 6.45) is 5.31. The van der Waals surface area contributed by atoms with Crippen molar-refractivity contribution in [3.8, 4) is 0 Å². The third-order valence-corrected chi connectivity index (χ3v) is 1.83. The van der Waals surface area contributed by atoms with Gasteiger partial charge in [-0.3, -0.25) is 4.79 Å². The van der Waals surface area contributed by atoms with Crippen molar-refractivity contribution in [2.75, 3.05) is 0 Å². The summed E-state index contributed by atoms with van der Waals surface area (Å²) in [5.41, 5.74) is 0.125. The molecule has 4 heteroatoms. The summed E-state index contributed by atoms with van der Waals surface area (Å²) >= 11 is 4.82. The Morgan fingerprint density at radius 2 is 2.17 bits per heavy atom. The van der Waals surface area contributed by atoms with Crippen molar-refractivity contribution < 1.29 is 14.7 Å². The van der Waals surface area contributed by atoms with Crippen LogP contribution in [0.25, 0.3) is 0 Å². The fourth-order valence-corrected chi connectivity index (χ4v) is 1.12. The van der Waals surface area contributed by atoms with E-state index in [0.717, 1.165) is 0 Å². The number of hydrogen-bond acceptors (Lipinski definition) is 3. The Bertz CT molecular complexity index is 312. The second kappa shape index (κ2) is 3.40. The van der Waals surface area contributed by atoms with Crippen LogP contribution in [0, 0.1) is 0 Å². The number of hydrogen-bond donors (Lipinski definition) is 1. The van der Waals surface area contributed by atoms with Gasteiger partial charge in [0.15, 0.2) is 0 Å². The molecule has 62 valence electrons. The molecule has 0 aromatic heterocycles. The molecule has 0 unspecified atom stereocenters. The summed E-state index contributed by atoms with van der Waals surface area (Å²) in [7, 11) is 0. The highest BCUT2D eigenvalue weighted by Gasteiger charge is 2.21. The summed E-state index contributed by atoms with van der Waals surface area (Å²) in [4.78, 5) is 21.6. The molecule has 0 atom stereocenters. The fraction of sp³-hybridized carbons (Fsp3) is 0.125. The third kappa shape index (κ3) is 1.65. The number of carbonyl (C=O) groups excluding carboxylic acids is 1. The van der Waals surface area contributed by atoms with Crippen LogP contribution in [-0.4, -0.2) is 21.7 Å². The molecule has 1 aliphatic rings. The van der Waals surface area contributed by atoms with Crippen molar-refractivity contribution >= 4 is 28.8 Å². The molecule has 0 radical (unpaired) electrons. The van der Waals surface area contributed by atoms with Crippen LogP contribution >= 0.6 is 12.2 Å². The summed E-state index contributed by atoms with van der Waals surface area (Å²) in [5, 5.41) is 8.38. The maximum atomic E-state index is 10.9. The molecular weight excluding hydrogens is 176 g/mol. The average Bonchev–Trinajstić information content (AvgIpc) is 2.04. The summed E-state index contributed by atoms with van der Waals surface area (Å²) < 4.78 is 0. The fourth-order valence-electron chi connectivity index (χ4n) is 0.860. The van der Waals surface area contributed by atoms with Crippen molar-refractivity contribution in [3.05, 3.63) is 23.8 Å². The van der Waals surface area contributed by atoms with Gasteiger partial charge in [0.25, 0.3) is 5.78 Å². The Morgan fingerprint density at radius 3 is 2.67 bits per heavy atom. The lowest BCUT2D eigenvalue weighted by Crippen LogP contribution is -2.20. The van der Waals surface area contributed by atoms with E-state index in [4.69, 9.17) is 17.3 Å². The Morgan fingerprint density at radius 1 is 1.50 bits per heavy atom. The second-order valence-corrected chi connectivity index (χ2v) is 2.76. The molecule has 1 rings (SSSR count). The van der Waals surface area contributed by atoms with E-state index in [1.165, 1.54) is 6.08 Å². The lowest BCUT2D eigenvalue weighted by Gasteiger charge is -2.05. The molecule has 0 spiro atoms. The number of Topliss-reactive ketones (excluding diaryl/α,β-unsaturated/α-hetero) is 1. The predicted octanol–water partition coefficient (Wildman–Crippen LogP) is 0.896. The van der Waals surface area contributed by atoms with E-state index in [1.807, 2.05) is 0 Å². The number of allylic oxidation sites excluding steroid dienone is 3. The smallest absolute Gasteiger partial charge is 0.377 e. The summed E-state index contributed by atoms with van der Waals surface area (Å²) in [6.45, 7) is 0. The highest BCUT2D eigenvalue weighted by Crippen LogP contribution is 2.10. The number of ketones is 1. The first-order valence-corrected chi connectivity index (χ1v) is 3.71. The number of thiocarbonyl (C=S) groups is 1. The first kappa shape index (κ1) is 8.80. The van der Waals surface area contributed by atoms with Crippen LogP contribution in [-0.2, 0) is 9.59 Å². The van der Waals surface area contributed by atoms with Gasteiger partial charge in [0, 0.05) is 16.9 Å².